The molecular formula is C11H14N2O3. The summed E-state index contributed by atoms with van der Waals surface area (Å²) in [6, 6.07) is 3.39. The lowest BCUT2D eigenvalue weighted by Crippen LogP contribution is -2.21. The second-order valence-corrected chi connectivity index (χ2v) is 3.53. The number of anilines is 1. The fraction of sp³-hybridized carbons (Fsp3) is 0.364. The molecule has 0 aromatic carbocycles. The molecule has 0 saturated heterocycles. The van der Waals surface area contributed by atoms with E-state index in [0.29, 0.717) is 17.9 Å². The van der Waals surface area contributed by atoms with Gasteiger partial charge in [-0.2, -0.15) is 0 Å². The molecule has 1 rings (SSSR count). The lowest BCUT2D eigenvalue weighted by molar-refractivity contribution is -0.136. The third kappa shape index (κ3) is 3.34. The van der Waals surface area contributed by atoms with Crippen LogP contribution in [0, 0.1) is 0 Å². The molecular weight excluding hydrogens is 208 g/mol. The summed E-state index contributed by atoms with van der Waals surface area (Å²) in [6.07, 6.45) is 1.56. The largest absolute Gasteiger partial charge is 0.481 e. The van der Waals surface area contributed by atoms with Crippen LogP contribution in [0.2, 0.25) is 0 Å². The molecule has 0 fully saturated rings. The first-order valence-electron chi connectivity index (χ1n) is 4.90. The van der Waals surface area contributed by atoms with Gasteiger partial charge in [-0.1, -0.05) is 0 Å². The molecule has 0 aliphatic rings. The van der Waals surface area contributed by atoms with Crippen LogP contribution in [0.3, 0.4) is 0 Å². The molecule has 0 amide bonds. The highest BCUT2D eigenvalue weighted by Gasteiger charge is 2.06. The average molecular weight is 222 g/mol. The molecule has 1 heterocycles. The predicted molar refractivity (Wildman–Crippen MR) is 59.8 cm³/mol. The SMILES string of the molecule is CC(=O)c1ccc(N(C)CCC(=O)O)nc1. The zero-order valence-corrected chi connectivity index (χ0v) is 9.30. The van der Waals surface area contributed by atoms with Gasteiger partial charge in [-0.3, -0.25) is 9.59 Å². The number of nitrogens with zero attached hydrogens (tertiary/aromatic N) is 2. The first kappa shape index (κ1) is 12.2. The van der Waals surface area contributed by atoms with Gasteiger partial charge in [-0.05, 0) is 19.1 Å². The van der Waals surface area contributed by atoms with Gasteiger partial charge in [0, 0.05) is 25.4 Å². The molecule has 0 aliphatic heterocycles. The van der Waals surface area contributed by atoms with Gasteiger partial charge in [-0.25, -0.2) is 4.98 Å². The Kier molecular flexibility index (Phi) is 3.99. The number of ketones is 1. The number of carboxylic acid groups (broad SMARTS) is 1. The Bertz CT molecular complexity index is 387. The van der Waals surface area contributed by atoms with Crippen molar-refractivity contribution in [3.8, 4) is 0 Å². The molecule has 5 nitrogen and oxygen atoms in total. The van der Waals surface area contributed by atoms with Gasteiger partial charge in [0.25, 0.3) is 0 Å². The topological polar surface area (TPSA) is 70.5 Å². The van der Waals surface area contributed by atoms with Gasteiger partial charge >= 0.3 is 5.97 Å². The molecule has 16 heavy (non-hydrogen) atoms. The van der Waals surface area contributed by atoms with Crippen LogP contribution in [0.5, 0.6) is 0 Å². The highest BCUT2D eigenvalue weighted by atomic mass is 16.4. The predicted octanol–water partition coefficient (Wildman–Crippen LogP) is 1.20. The summed E-state index contributed by atoms with van der Waals surface area (Å²) in [6.45, 7) is 1.87. The first-order valence-corrected chi connectivity index (χ1v) is 4.90. The summed E-state index contributed by atoms with van der Waals surface area (Å²) in [5.74, 6) is -0.217. The van der Waals surface area contributed by atoms with Crippen molar-refractivity contribution in [2.75, 3.05) is 18.5 Å². The minimum absolute atomic E-state index is 0.0350. The van der Waals surface area contributed by atoms with E-state index in [0.717, 1.165) is 0 Å². The van der Waals surface area contributed by atoms with Gasteiger partial charge in [0.15, 0.2) is 5.78 Å². The summed E-state index contributed by atoms with van der Waals surface area (Å²) < 4.78 is 0. The van der Waals surface area contributed by atoms with Gasteiger partial charge < -0.3 is 10.0 Å². The molecule has 0 unspecified atom stereocenters. The van der Waals surface area contributed by atoms with Crippen molar-refractivity contribution in [3.05, 3.63) is 23.9 Å². The number of aliphatic carboxylic acids is 1. The Morgan fingerprint density at radius 2 is 2.12 bits per heavy atom. The van der Waals surface area contributed by atoms with Gasteiger partial charge in [0.05, 0.1) is 6.42 Å². The van der Waals surface area contributed by atoms with Crippen molar-refractivity contribution in [2.45, 2.75) is 13.3 Å². The minimum Gasteiger partial charge on any atom is -0.481 e. The van der Waals surface area contributed by atoms with Crippen LogP contribution in [-0.2, 0) is 4.79 Å². The van der Waals surface area contributed by atoms with Gasteiger partial charge in [0.2, 0.25) is 0 Å². The fourth-order valence-corrected chi connectivity index (χ4v) is 1.20. The quantitative estimate of drug-likeness (QED) is 0.758. The normalized spacial score (nSPS) is 9.88. The van der Waals surface area contributed by atoms with Crippen LogP contribution >= 0.6 is 0 Å². The van der Waals surface area contributed by atoms with E-state index in [4.69, 9.17) is 5.11 Å². The van der Waals surface area contributed by atoms with E-state index in [1.165, 1.54) is 13.1 Å². The Morgan fingerprint density at radius 3 is 2.56 bits per heavy atom. The summed E-state index contributed by atoms with van der Waals surface area (Å²) in [7, 11) is 1.76. The number of Topliss-reactive ketones (excluding diaryl/α,β-unsaturated/α-hetero) is 1. The maximum atomic E-state index is 11.0. The summed E-state index contributed by atoms with van der Waals surface area (Å²) in [4.78, 5) is 27.2. The van der Waals surface area contributed by atoms with Crippen molar-refractivity contribution >= 4 is 17.6 Å². The number of hydrogen-bond acceptors (Lipinski definition) is 4. The molecule has 1 aromatic heterocycles. The zero-order chi connectivity index (χ0) is 12.1. The highest BCUT2D eigenvalue weighted by molar-refractivity contribution is 5.93. The van der Waals surface area contributed by atoms with Crippen LogP contribution in [0.15, 0.2) is 18.3 Å². The van der Waals surface area contributed by atoms with E-state index < -0.39 is 5.97 Å². The van der Waals surface area contributed by atoms with E-state index in [1.54, 1.807) is 24.1 Å². The smallest absolute Gasteiger partial charge is 0.305 e. The number of aromatic nitrogens is 1. The van der Waals surface area contributed by atoms with Crippen molar-refractivity contribution in [1.82, 2.24) is 4.98 Å². The van der Waals surface area contributed by atoms with Crippen LogP contribution in [0.4, 0.5) is 5.82 Å². The van der Waals surface area contributed by atoms with Crippen molar-refractivity contribution < 1.29 is 14.7 Å². The zero-order valence-electron chi connectivity index (χ0n) is 9.30. The molecule has 0 atom stereocenters. The van der Waals surface area contributed by atoms with Crippen molar-refractivity contribution in [3.63, 3.8) is 0 Å². The van der Waals surface area contributed by atoms with Crippen molar-refractivity contribution in [1.29, 1.82) is 0 Å². The Hall–Kier alpha value is -1.91. The standard InChI is InChI=1S/C11H14N2O3/c1-8(14)9-3-4-10(12-7-9)13(2)6-5-11(15)16/h3-4,7H,5-6H2,1-2H3,(H,15,16). The van der Waals surface area contributed by atoms with E-state index in [9.17, 15) is 9.59 Å². The summed E-state index contributed by atoms with van der Waals surface area (Å²) in [5.41, 5.74) is 0.551. The second kappa shape index (κ2) is 5.25. The average Bonchev–Trinajstić information content (AvgIpc) is 2.26. The van der Waals surface area contributed by atoms with E-state index in [2.05, 4.69) is 4.98 Å². The number of hydrogen-bond donors (Lipinski definition) is 1. The molecule has 0 spiro atoms. The number of carbonyl (C=O) groups is 2. The fourth-order valence-electron chi connectivity index (χ4n) is 1.20. The second-order valence-electron chi connectivity index (χ2n) is 3.53. The molecule has 5 heteroatoms. The summed E-state index contributed by atoms with van der Waals surface area (Å²) in [5, 5.41) is 8.53. The maximum Gasteiger partial charge on any atom is 0.305 e. The Balaban J connectivity index is 2.66. The highest BCUT2D eigenvalue weighted by Crippen LogP contribution is 2.10. The van der Waals surface area contributed by atoms with E-state index >= 15 is 0 Å². The molecule has 0 aliphatic carbocycles. The molecule has 1 N–H and O–H groups in total. The minimum atomic E-state index is -0.841. The number of carboxylic acids is 1. The number of carbonyl (C=O) groups excluding carboxylic acids is 1. The van der Waals surface area contributed by atoms with Crippen molar-refractivity contribution in [2.24, 2.45) is 0 Å². The lowest BCUT2D eigenvalue weighted by Gasteiger charge is -2.16. The third-order valence-corrected chi connectivity index (χ3v) is 2.21. The molecule has 86 valence electrons. The Morgan fingerprint density at radius 1 is 1.44 bits per heavy atom. The van der Waals surface area contributed by atoms with Crippen LogP contribution in [0.25, 0.3) is 0 Å². The monoisotopic (exact) mass is 222 g/mol. The lowest BCUT2D eigenvalue weighted by atomic mass is 10.2. The van der Waals surface area contributed by atoms with Gasteiger partial charge in [-0.15, -0.1) is 0 Å². The number of rotatable bonds is 5. The van der Waals surface area contributed by atoms with Crippen LogP contribution < -0.4 is 4.90 Å². The van der Waals surface area contributed by atoms with E-state index in [1.807, 2.05) is 0 Å². The maximum absolute atomic E-state index is 11.0. The van der Waals surface area contributed by atoms with E-state index in [-0.39, 0.29) is 12.2 Å². The molecule has 0 saturated carbocycles. The van der Waals surface area contributed by atoms with Crippen LogP contribution in [-0.4, -0.2) is 35.4 Å². The molecule has 1 aromatic rings. The van der Waals surface area contributed by atoms with Gasteiger partial charge in [0.1, 0.15) is 5.82 Å². The number of pyridine rings is 1. The first-order chi connectivity index (χ1) is 7.50. The molecule has 0 bridgehead atoms. The summed E-state index contributed by atoms with van der Waals surface area (Å²) >= 11 is 0. The molecule has 0 radical (unpaired) electrons. The Labute approximate surface area is 93.7 Å². The van der Waals surface area contributed by atoms with Crippen LogP contribution in [0.1, 0.15) is 23.7 Å². The third-order valence-electron chi connectivity index (χ3n) is 2.21.